The molecule has 51 heavy (non-hydrogen) atoms. The molecular formula is C49H32N2. The minimum atomic E-state index is -0.398. The Hall–Kier alpha value is -6.64. The van der Waals surface area contributed by atoms with Crippen LogP contribution in [0.4, 0.5) is 17.1 Å². The standard InChI is InChI=1S/C49H32N2/c1-3-16-33(17-4-1)50(35-30-31-46-40(32-35)38-22-10-14-28-45(38)51(46)34-18-5-2-6-19-34)47-29-15-27-44-48(47)39-23-9-13-26-43(39)49(44)41-24-11-7-20-36(41)37-21-8-12-25-42(37)49/h1-32H. The minimum Gasteiger partial charge on any atom is -0.310 e. The first-order valence-electron chi connectivity index (χ1n) is 17.7. The van der Waals surface area contributed by atoms with Crippen LogP contribution in [0, 0.1) is 0 Å². The average molecular weight is 649 g/mol. The van der Waals surface area contributed by atoms with Crippen LogP contribution in [0.1, 0.15) is 22.3 Å². The summed E-state index contributed by atoms with van der Waals surface area (Å²) in [5, 5.41) is 2.48. The third-order valence-corrected chi connectivity index (χ3v) is 11.2. The van der Waals surface area contributed by atoms with Gasteiger partial charge < -0.3 is 9.47 Å². The highest BCUT2D eigenvalue weighted by atomic mass is 15.1. The summed E-state index contributed by atoms with van der Waals surface area (Å²) in [5.74, 6) is 0. The lowest BCUT2D eigenvalue weighted by molar-refractivity contribution is 0.794. The maximum atomic E-state index is 2.47. The van der Waals surface area contributed by atoms with E-state index in [1.165, 1.54) is 72.0 Å². The number of hydrogen-bond acceptors (Lipinski definition) is 1. The van der Waals surface area contributed by atoms with E-state index in [-0.39, 0.29) is 0 Å². The van der Waals surface area contributed by atoms with E-state index >= 15 is 0 Å². The van der Waals surface area contributed by atoms with E-state index in [2.05, 4.69) is 204 Å². The van der Waals surface area contributed by atoms with Gasteiger partial charge >= 0.3 is 0 Å². The Labute approximate surface area is 297 Å². The second-order valence-electron chi connectivity index (χ2n) is 13.6. The predicted molar refractivity (Wildman–Crippen MR) is 212 cm³/mol. The molecular weight excluding hydrogens is 617 g/mol. The molecule has 0 saturated heterocycles. The van der Waals surface area contributed by atoms with E-state index in [0.29, 0.717) is 0 Å². The van der Waals surface area contributed by atoms with Crippen LogP contribution in [-0.2, 0) is 5.41 Å². The van der Waals surface area contributed by atoms with E-state index in [1.54, 1.807) is 0 Å². The molecule has 0 atom stereocenters. The van der Waals surface area contributed by atoms with E-state index in [0.717, 1.165) is 17.1 Å². The largest absolute Gasteiger partial charge is 0.310 e. The zero-order chi connectivity index (χ0) is 33.5. The van der Waals surface area contributed by atoms with Gasteiger partial charge in [-0.15, -0.1) is 0 Å². The number of rotatable bonds is 4. The molecule has 11 rings (SSSR count). The number of fused-ring (bicyclic) bond motifs is 13. The van der Waals surface area contributed by atoms with Crippen molar-refractivity contribution in [3.8, 4) is 27.9 Å². The van der Waals surface area contributed by atoms with Crippen LogP contribution in [0.15, 0.2) is 194 Å². The molecule has 2 heteroatoms. The van der Waals surface area contributed by atoms with Crippen molar-refractivity contribution in [1.29, 1.82) is 0 Å². The fraction of sp³-hybridized carbons (Fsp3) is 0.0204. The summed E-state index contributed by atoms with van der Waals surface area (Å²) in [7, 11) is 0. The molecule has 0 radical (unpaired) electrons. The number of aromatic nitrogens is 1. The summed E-state index contributed by atoms with van der Waals surface area (Å²) in [6.45, 7) is 0. The van der Waals surface area contributed by atoms with Crippen molar-refractivity contribution < 1.29 is 0 Å². The molecule has 0 N–H and O–H groups in total. The van der Waals surface area contributed by atoms with Gasteiger partial charge in [-0.2, -0.15) is 0 Å². The molecule has 9 aromatic rings. The molecule has 8 aromatic carbocycles. The smallest absolute Gasteiger partial charge is 0.0726 e. The fourth-order valence-corrected chi connectivity index (χ4v) is 9.27. The zero-order valence-electron chi connectivity index (χ0n) is 27.9. The van der Waals surface area contributed by atoms with Crippen molar-refractivity contribution in [2.24, 2.45) is 0 Å². The van der Waals surface area contributed by atoms with Gasteiger partial charge in [0.05, 0.1) is 22.1 Å². The van der Waals surface area contributed by atoms with Crippen LogP contribution in [0.5, 0.6) is 0 Å². The van der Waals surface area contributed by atoms with Crippen LogP contribution in [0.3, 0.4) is 0 Å². The number of anilines is 3. The quantitative estimate of drug-likeness (QED) is 0.184. The summed E-state index contributed by atoms with van der Waals surface area (Å²) < 4.78 is 2.39. The lowest BCUT2D eigenvalue weighted by Crippen LogP contribution is -2.26. The maximum absolute atomic E-state index is 2.47. The summed E-state index contributed by atoms with van der Waals surface area (Å²) >= 11 is 0. The molecule has 1 aromatic heterocycles. The Kier molecular flexibility index (Phi) is 5.91. The molecule has 0 unspecified atom stereocenters. The molecule has 238 valence electrons. The van der Waals surface area contributed by atoms with Gasteiger partial charge in [0.1, 0.15) is 0 Å². The van der Waals surface area contributed by atoms with Crippen LogP contribution in [-0.4, -0.2) is 4.57 Å². The summed E-state index contributed by atoms with van der Waals surface area (Å²) in [6, 6.07) is 71.4. The number of benzene rings is 8. The van der Waals surface area contributed by atoms with Crippen molar-refractivity contribution in [2.45, 2.75) is 5.41 Å². The molecule has 1 heterocycles. The van der Waals surface area contributed by atoms with Gasteiger partial charge in [-0.1, -0.05) is 140 Å². The van der Waals surface area contributed by atoms with Gasteiger partial charge in [-0.05, 0) is 93.5 Å². The number of para-hydroxylation sites is 3. The SMILES string of the molecule is c1ccc(N(c2ccc3c(c2)c2ccccc2n3-c2ccccc2)c2cccc3c2-c2ccccc2C32c3ccccc3-c3ccccc32)cc1. The zero-order valence-corrected chi connectivity index (χ0v) is 27.9. The first-order valence-corrected chi connectivity index (χ1v) is 17.7. The summed E-state index contributed by atoms with van der Waals surface area (Å²) in [4.78, 5) is 2.47. The van der Waals surface area contributed by atoms with Crippen LogP contribution < -0.4 is 4.90 Å². The molecule has 0 aliphatic heterocycles. The highest BCUT2D eigenvalue weighted by Crippen LogP contribution is 2.64. The normalized spacial score (nSPS) is 13.3. The van der Waals surface area contributed by atoms with Gasteiger partial charge in [-0.25, -0.2) is 0 Å². The van der Waals surface area contributed by atoms with Gasteiger partial charge in [0, 0.05) is 33.4 Å². The molecule has 0 saturated carbocycles. The molecule has 0 bridgehead atoms. The Morgan fingerprint density at radius 1 is 0.373 bits per heavy atom. The third-order valence-electron chi connectivity index (χ3n) is 11.2. The Morgan fingerprint density at radius 3 is 1.65 bits per heavy atom. The van der Waals surface area contributed by atoms with Crippen molar-refractivity contribution in [3.63, 3.8) is 0 Å². The van der Waals surface area contributed by atoms with Crippen molar-refractivity contribution >= 4 is 38.9 Å². The van der Waals surface area contributed by atoms with E-state index in [4.69, 9.17) is 0 Å². The van der Waals surface area contributed by atoms with Gasteiger partial charge in [-0.3, -0.25) is 0 Å². The number of hydrogen-bond donors (Lipinski definition) is 0. The molecule has 2 nitrogen and oxygen atoms in total. The Morgan fingerprint density at radius 2 is 0.922 bits per heavy atom. The van der Waals surface area contributed by atoms with Crippen LogP contribution in [0.25, 0.3) is 49.7 Å². The van der Waals surface area contributed by atoms with Crippen LogP contribution in [0.2, 0.25) is 0 Å². The molecule has 0 fully saturated rings. The molecule has 0 amide bonds. The van der Waals surface area contributed by atoms with Crippen LogP contribution >= 0.6 is 0 Å². The highest BCUT2D eigenvalue weighted by Gasteiger charge is 2.52. The first kappa shape index (κ1) is 28.2. The van der Waals surface area contributed by atoms with E-state index in [1.807, 2.05) is 0 Å². The molecule has 1 spiro atoms. The summed E-state index contributed by atoms with van der Waals surface area (Å²) in [6.07, 6.45) is 0. The van der Waals surface area contributed by atoms with Crippen molar-refractivity contribution in [2.75, 3.05) is 4.90 Å². The molecule has 2 aliphatic rings. The lowest BCUT2D eigenvalue weighted by Gasteiger charge is -2.31. The first-order chi connectivity index (χ1) is 25.3. The molecule has 2 aliphatic carbocycles. The number of nitrogens with zero attached hydrogens (tertiary/aromatic N) is 2. The van der Waals surface area contributed by atoms with E-state index in [9.17, 15) is 0 Å². The Bertz CT molecular complexity index is 2760. The van der Waals surface area contributed by atoms with Gasteiger partial charge in [0.15, 0.2) is 0 Å². The van der Waals surface area contributed by atoms with E-state index < -0.39 is 5.41 Å². The van der Waals surface area contributed by atoms with Crippen molar-refractivity contribution in [3.05, 3.63) is 216 Å². The third kappa shape index (κ3) is 3.76. The maximum Gasteiger partial charge on any atom is 0.0726 e. The van der Waals surface area contributed by atoms with Gasteiger partial charge in [0.25, 0.3) is 0 Å². The highest BCUT2D eigenvalue weighted by molar-refractivity contribution is 6.11. The lowest BCUT2D eigenvalue weighted by atomic mass is 9.70. The monoisotopic (exact) mass is 648 g/mol. The minimum absolute atomic E-state index is 0.398. The topological polar surface area (TPSA) is 8.17 Å². The Balaban J connectivity index is 1.21. The second kappa shape index (κ2) is 10.7. The average Bonchev–Trinajstić information content (AvgIpc) is 3.81. The fourth-order valence-electron chi connectivity index (χ4n) is 9.27. The predicted octanol–water partition coefficient (Wildman–Crippen LogP) is 12.6. The van der Waals surface area contributed by atoms with Gasteiger partial charge in [0.2, 0.25) is 0 Å². The summed E-state index contributed by atoms with van der Waals surface area (Å²) in [5.41, 5.74) is 17.2. The second-order valence-corrected chi connectivity index (χ2v) is 13.6. The van der Waals surface area contributed by atoms with Crippen molar-refractivity contribution in [1.82, 2.24) is 4.57 Å².